The summed E-state index contributed by atoms with van der Waals surface area (Å²) in [6.07, 6.45) is -5.11. The van der Waals surface area contributed by atoms with E-state index in [0.29, 0.717) is 12.1 Å². The smallest absolute Gasteiger partial charge is 0.419 e. The van der Waals surface area contributed by atoms with Gasteiger partial charge in [0.25, 0.3) is 0 Å². The minimum atomic E-state index is -5.11. The van der Waals surface area contributed by atoms with Crippen LogP contribution in [0.15, 0.2) is 18.2 Å². The first-order valence-electron chi connectivity index (χ1n) is 4.17. The molecule has 0 atom stereocenters. The monoisotopic (exact) mass is 292 g/mol. The maximum Gasteiger partial charge on any atom is 0.487 e. The number of hydrogen-bond acceptors (Lipinski definition) is 2. The summed E-state index contributed by atoms with van der Waals surface area (Å²) in [6, 6.07) is -1.13. The van der Waals surface area contributed by atoms with Crippen LogP contribution in [0.5, 0.6) is 5.75 Å². The second-order valence-corrected chi connectivity index (χ2v) is 3.47. The molecule has 0 aliphatic carbocycles. The van der Waals surface area contributed by atoms with Crippen molar-refractivity contribution in [2.24, 2.45) is 0 Å². The van der Waals surface area contributed by atoms with Gasteiger partial charge in [-0.15, -0.1) is 8.78 Å². The van der Waals surface area contributed by atoms with Gasteiger partial charge in [-0.3, -0.25) is 4.79 Å². The summed E-state index contributed by atoms with van der Waals surface area (Å²) in [5.41, 5.74) is -7.03. The second kappa shape index (κ2) is 4.68. The Bertz CT molecular complexity index is 465. The molecule has 1 aromatic carbocycles. The highest BCUT2D eigenvalue weighted by atomic mass is 35.5. The number of rotatable bonds is 3. The first kappa shape index (κ1) is 14.6. The maximum absolute atomic E-state index is 12.5. The zero-order chi connectivity index (χ0) is 14.1. The molecule has 0 saturated heterocycles. The number of halogens is 7. The zero-order valence-corrected chi connectivity index (χ0v) is 8.95. The van der Waals surface area contributed by atoms with Crippen molar-refractivity contribution in [1.29, 1.82) is 0 Å². The summed E-state index contributed by atoms with van der Waals surface area (Å²) >= 11 is 4.33. The Labute approximate surface area is 101 Å². The predicted molar refractivity (Wildman–Crippen MR) is 48.3 cm³/mol. The van der Waals surface area contributed by atoms with E-state index < -0.39 is 34.7 Å². The molecule has 9 heteroatoms. The second-order valence-electron chi connectivity index (χ2n) is 3.03. The fourth-order valence-electron chi connectivity index (χ4n) is 1.09. The lowest BCUT2D eigenvalue weighted by Crippen LogP contribution is -2.19. The van der Waals surface area contributed by atoms with Crippen molar-refractivity contribution in [2.75, 3.05) is 0 Å². The molecule has 0 N–H and O–H groups in total. The van der Waals surface area contributed by atoms with Crippen molar-refractivity contribution in [2.45, 2.75) is 11.7 Å². The molecule has 0 aliphatic rings. The minimum absolute atomic E-state index is 0.0558. The molecule has 0 fully saturated rings. The Morgan fingerprint density at radius 3 is 2.11 bits per heavy atom. The largest absolute Gasteiger partial charge is 0.487 e. The number of carbonyl (C=O) groups is 1. The van der Waals surface area contributed by atoms with Gasteiger partial charge in [0.05, 0.1) is 11.1 Å². The highest BCUT2D eigenvalue weighted by molar-refractivity contribution is 6.20. The first-order valence-corrected chi connectivity index (χ1v) is 4.55. The Kier molecular flexibility index (Phi) is 3.80. The van der Waals surface area contributed by atoms with E-state index in [4.69, 9.17) is 0 Å². The number of alkyl halides is 6. The molecule has 0 aliphatic heterocycles. The van der Waals surface area contributed by atoms with Crippen LogP contribution in [0.2, 0.25) is 0 Å². The molecular weight excluding hydrogens is 290 g/mol. The van der Waals surface area contributed by atoms with Gasteiger partial charge < -0.3 is 4.74 Å². The third-order valence-corrected chi connectivity index (χ3v) is 1.81. The van der Waals surface area contributed by atoms with Crippen LogP contribution in [-0.4, -0.2) is 11.6 Å². The van der Waals surface area contributed by atoms with Gasteiger partial charge in [-0.25, -0.2) is 0 Å². The Balaban J connectivity index is 3.30. The molecule has 2 nitrogen and oxygen atoms in total. The van der Waals surface area contributed by atoms with E-state index in [1.807, 2.05) is 0 Å². The molecule has 0 bridgehead atoms. The van der Waals surface area contributed by atoms with E-state index in [0.717, 1.165) is 0 Å². The fraction of sp³-hybridized carbons (Fsp3) is 0.222. The van der Waals surface area contributed by atoms with Crippen molar-refractivity contribution in [1.82, 2.24) is 0 Å². The van der Waals surface area contributed by atoms with E-state index in [-0.39, 0.29) is 6.07 Å². The SMILES string of the molecule is O=C(F)c1ccc(OC(F)(F)Cl)c(C(F)(F)F)c1. The summed E-state index contributed by atoms with van der Waals surface area (Å²) in [7, 11) is 0. The van der Waals surface area contributed by atoms with Gasteiger partial charge in [-0.2, -0.15) is 17.6 Å². The molecule has 0 amide bonds. The molecule has 1 rings (SSSR count). The fourth-order valence-corrected chi connectivity index (χ4v) is 1.17. The van der Waals surface area contributed by atoms with Crippen molar-refractivity contribution in [3.05, 3.63) is 29.3 Å². The van der Waals surface area contributed by atoms with Gasteiger partial charge in [0.1, 0.15) is 5.75 Å². The highest BCUT2D eigenvalue weighted by Gasteiger charge is 2.38. The van der Waals surface area contributed by atoms with Gasteiger partial charge >= 0.3 is 17.8 Å². The molecular formula is C9H3ClF6O2. The van der Waals surface area contributed by atoms with Gasteiger partial charge in [0.15, 0.2) is 0 Å². The molecule has 0 heterocycles. The van der Waals surface area contributed by atoms with Crippen LogP contribution in [0, 0.1) is 0 Å². The van der Waals surface area contributed by atoms with Crippen molar-refractivity contribution in [3.8, 4) is 5.75 Å². The van der Waals surface area contributed by atoms with Crippen LogP contribution in [0.1, 0.15) is 15.9 Å². The summed E-state index contributed by atoms with van der Waals surface area (Å²) in [5, 5.41) is 0. The third-order valence-electron chi connectivity index (χ3n) is 1.74. The number of carbonyl (C=O) groups excluding carboxylic acids is 1. The molecule has 0 aromatic heterocycles. The quantitative estimate of drug-likeness (QED) is 0.478. The third kappa shape index (κ3) is 3.80. The lowest BCUT2D eigenvalue weighted by molar-refractivity contribution is -0.145. The van der Waals surface area contributed by atoms with Gasteiger partial charge in [0, 0.05) is 11.6 Å². The zero-order valence-electron chi connectivity index (χ0n) is 8.19. The van der Waals surface area contributed by atoms with Crippen LogP contribution >= 0.6 is 11.6 Å². The summed E-state index contributed by atoms with van der Waals surface area (Å²) in [6.45, 7) is 0. The van der Waals surface area contributed by atoms with Crippen molar-refractivity contribution in [3.63, 3.8) is 0 Å². The molecule has 0 radical (unpaired) electrons. The van der Waals surface area contributed by atoms with Crippen LogP contribution in [0.3, 0.4) is 0 Å². The first-order chi connectivity index (χ1) is 8.00. The van der Waals surface area contributed by atoms with E-state index in [1.165, 1.54) is 0 Å². The number of benzene rings is 1. The summed E-state index contributed by atoms with van der Waals surface area (Å²) in [5.74, 6) is -1.31. The topological polar surface area (TPSA) is 26.3 Å². The van der Waals surface area contributed by atoms with Gasteiger partial charge in [-0.1, -0.05) is 0 Å². The number of hydrogen-bond donors (Lipinski definition) is 0. The van der Waals surface area contributed by atoms with Crippen LogP contribution in [-0.2, 0) is 6.18 Å². The molecule has 18 heavy (non-hydrogen) atoms. The van der Waals surface area contributed by atoms with E-state index in [9.17, 15) is 31.1 Å². The van der Waals surface area contributed by atoms with E-state index >= 15 is 0 Å². The van der Waals surface area contributed by atoms with E-state index in [2.05, 4.69) is 16.3 Å². The average Bonchev–Trinajstić information content (AvgIpc) is 2.13. The summed E-state index contributed by atoms with van der Waals surface area (Å²) < 4.78 is 77.8. The van der Waals surface area contributed by atoms with Crippen LogP contribution in [0.4, 0.5) is 26.3 Å². The molecule has 0 unspecified atom stereocenters. The molecule has 1 aromatic rings. The Morgan fingerprint density at radius 2 is 1.72 bits per heavy atom. The van der Waals surface area contributed by atoms with Gasteiger partial charge in [0.2, 0.25) is 0 Å². The van der Waals surface area contributed by atoms with Crippen molar-refractivity contribution >= 4 is 17.6 Å². The van der Waals surface area contributed by atoms with Crippen molar-refractivity contribution < 1.29 is 35.9 Å². The molecule has 0 saturated carbocycles. The maximum atomic E-state index is 12.5. The van der Waals surface area contributed by atoms with Crippen LogP contribution in [0.25, 0.3) is 0 Å². The predicted octanol–water partition coefficient (Wildman–Crippen LogP) is 3.98. The van der Waals surface area contributed by atoms with E-state index in [1.54, 1.807) is 0 Å². The molecule has 0 spiro atoms. The summed E-state index contributed by atoms with van der Waals surface area (Å²) in [4.78, 5) is 10.3. The standard InChI is InChI=1S/C9H3ClF6O2/c10-9(15,16)18-6-2-1-4(7(11)17)3-5(6)8(12,13)14/h1-3H. The lowest BCUT2D eigenvalue weighted by atomic mass is 10.1. The number of ether oxygens (including phenoxy) is 1. The van der Waals surface area contributed by atoms with Gasteiger partial charge in [-0.05, 0) is 18.2 Å². The average molecular weight is 293 g/mol. The Morgan fingerprint density at radius 1 is 1.17 bits per heavy atom. The Hall–Kier alpha value is -1.44. The minimum Gasteiger partial charge on any atom is -0.419 e. The van der Waals surface area contributed by atoms with Crippen LogP contribution < -0.4 is 4.74 Å². The normalized spacial score (nSPS) is 12.4. The molecule has 100 valence electrons. The lowest BCUT2D eigenvalue weighted by Gasteiger charge is -2.16. The highest BCUT2D eigenvalue weighted by Crippen LogP contribution is 2.39.